The van der Waals surface area contributed by atoms with Crippen LogP contribution < -0.4 is 5.32 Å². The highest BCUT2D eigenvalue weighted by molar-refractivity contribution is 7.12. The number of hydrogen-bond donors (Lipinski definition) is 2. The minimum atomic E-state index is -0.0565. The number of H-pyrrole nitrogens is 1. The Hall–Kier alpha value is -2.07. The van der Waals surface area contributed by atoms with Crippen LogP contribution in [0.15, 0.2) is 41.8 Å². The van der Waals surface area contributed by atoms with Crippen LogP contribution in [0.1, 0.15) is 42.6 Å². The maximum Gasteiger partial charge on any atom is 0.265 e. The fourth-order valence-corrected chi connectivity index (χ4v) is 2.98. The highest BCUT2D eigenvalue weighted by atomic mass is 32.1. The molecule has 0 saturated heterocycles. The third kappa shape index (κ3) is 2.79. The molecule has 3 rings (SSSR count). The average Bonchev–Trinajstić information content (AvgIpc) is 3.16. The smallest absolute Gasteiger partial charge is 0.265 e. The van der Waals surface area contributed by atoms with Crippen LogP contribution in [0.25, 0.3) is 10.9 Å². The Kier molecular flexibility index (Phi) is 3.79. The van der Waals surface area contributed by atoms with Gasteiger partial charge in [-0.05, 0) is 42.1 Å². The first kappa shape index (κ1) is 14.9. The minimum Gasteiger partial charge on any atom is -0.358 e. The fourth-order valence-electron chi connectivity index (χ4n) is 2.37. The quantitative estimate of drug-likeness (QED) is 0.686. The lowest BCUT2D eigenvalue weighted by Gasteiger charge is -2.20. The van der Waals surface area contributed by atoms with Gasteiger partial charge in [-0.25, -0.2) is 0 Å². The molecular weight excluding hydrogens is 292 g/mol. The van der Waals surface area contributed by atoms with Crippen LogP contribution >= 0.6 is 11.3 Å². The number of aromatic amines is 1. The maximum atomic E-state index is 12.1. The lowest BCUT2D eigenvalue weighted by Crippen LogP contribution is -2.15. The Morgan fingerprint density at radius 1 is 1.27 bits per heavy atom. The molecule has 0 aliphatic carbocycles. The Morgan fingerprint density at radius 2 is 2.09 bits per heavy atom. The van der Waals surface area contributed by atoms with E-state index in [4.69, 9.17) is 0 Å². The topological polar surface area (TPSA) is 44.9 Å². The molecule has 22 heavy (non-hydrogen) atoms. The van der Waals surface area contributed by atoms with Crippen LogP contribution in [0.5, 0.6) is 0 Å². The molecule has 0 atom stereocenters. The molecule has 1 amide bonds. The summed E-state index contributed by atoms with van der Waals surface area (Å²) in [4.78, 5) is 16.3. The standard InChI is InChI=1S/C18H20N2OS/c1-4-18(2,3)16-11-12-10-13(7-8-14(12)20-16)19-17(21)15-6-5-9-22-15/h5-11,20H,4H2,1-3H3,(H,19,21). The van der Waals surface area contributed by atoms with Crippen molar-refractivity contribution in [2.24, 2.45) is 0 Å². The summed E-state index contributed by atoms with van der Waals surface area (Å²) in [5, 5.41) is 5.99. The normalized spacial score (nSPS) is 11.8. The lowest BCUT2D eigenvalue weighted by atomic mass is 9.86. The van der Waals surface area contributed by atoms with Crippen LogP contribution in [0.3, 0.4) is 0 Å². The third-order valence-corrected chi connectivity index (χ3v) is 5.11. The Balaban J connectivity index is 1.88. The van der Waals surface area contributed by atoms with Gasteiger partial charge in [0.05, 0.1) is 4.88 Å². The van der Waals surface area contributed by atoms with E-state index in [2.05, 4.69) is 37.1 Å². The summed E-state index contributed by atoms with van der Waals surface area (Å²) >= 11 is 1.45. The molecule has 0 unspecified atom stereocenters. The number of hydrogen-bond acceptors (Lipinski definition) is 2. The molecule has 0 radical (unpaired) electrons. The Labute approximate surface area is 134 Å². The summed E-state index contributed by atoms with van der Waals surface area (Å²) in [5.74, 6) is -0.0565. The molecule has 2 aromatic heterocycles. The van der Waals surface area contributed by atoms with E-state index in [1.807, 2.05) is 35.7 Å². The van der Waals surface area contributed by atoms with Crippen molar-refractivity contribution in [2.45, 2.75) is 32.6 Å². The molecule has 2 heterocycles. The van der Waals surface area contributed by atoms with Gasteiger partial charge >= 0.3 is 0 Å². The summed E-state index contributed by atoms with van der Waals surface area (Å²) < 4.78 is 0. The van der Waals surface area contributed by atoms with Gasteiger partial charge < -0.3 is 10.3 Å². The number of benzene rings is 1. The van der Waals surface area contributed by atoms with Gasteiger partial charge in [0.1, 0.15) is 0 Å². The summed E-state index contributed by atoms with van der Waals surface area (Å²) in [6.07, 6.45) is 1.07. The molecule has 0 spiro atoms. The van der Waals surface area contributed by atoms with Crippen molar-refractivity contribution in [3.8, 4) is 0 Å². The van der Waals surface area contributed by atoms with Gasteiger partial charge in [-0.3, -0.25) is 4.79 Å². The van der Waals surface area contributed by atoms with E-state index < -0.39 is 0 Å². The first-order chi connectivity index (χ1) is 10.5. The molecule has 114 valence electrons. The van der Waals surface area contributed by atoms with E-state index >= 15 is 0 Å². The van der Waals surface area contributed by atoms with Gasteiger partial charge in [-0.2, -0.15) is 0 Å². The number of carbonyl (C=O) groups excluding carboxylic acids is 1. The van der Waals surface area contributed by atoms with Crippen LogP contribution in [0, 0.1) is 0 Å². The van der Waals surface area contributed by atoms with E-state index in [1.165, 1.54) is 17.0 Å². The van der Waals surface area contributed by atoms with Crippen LogP contribution in [0.4, 0.5) is 5.69 Å². The number of rotatable bonds is 4. The number of carbonyl (C=O) groups is 1. The second-order valence-electron chi connectivity index (χ2n) is 6.15. The monoisotopic (exact) mass is 312 g/mol. The number of nitrogens with one attached hydrogen (secondary N) is 2. The van der Waals surface area contributed by atoms with Gasteiger partial charge in [-0.15, -0.1) is 11.3 Å². The SMILES string of the molecule is CCC(C)(C)c1cc2cc(NC(=O)c3cccs3)ccc2[nH]1. The van der Waals surface area contributed by atoms with Crippen molar-refractivity contribution in [1.82, 2.24) is 4.98 Å². The molecule has 0 fully saturated rings. The zero-order valence-electron chi connectivity index (χ0n) is 13.1. The largest absolute Gasteiger partial charge is 0.358 e. The zero-order valence-corrected chi connectivity index (χ0v) is 13.9. The molecule has 0 aliphatic heterocycles. The second-order valence-corrected chi connectivity index (χ2v) is 7.10. The summed E-state index contributed by atoms with van der Waals surface area (Å²) in [5.41, 5.74) is 3.28. The van der Waals surface area contributed by atoms with Crippen LogP contribution in [0.2, 0.25) is 0 Å². The number of amides is 1. The Bertz CT molecular complexity index is 800. The lowest BCUT2D eigenvalue weighted by molar-refractivity contribution is 0.103. The van der Waals surface area contributed by atoms with Gasteiger partial charge in [0.15, 0.2) is 0 Å². The Morgan fingerprint density at radius 3 is 2.77 bits per heavy atom. The van der Waals surface area contributed by atoms with Crippen molar-refractivity contribution in [2.75, 3.05) is 5.32 Å². The molecule has 4 heteroatoms. The highest BCUT2D eigenvalue weighted by Crippen LogP contribution is 2.30. The predicted molar refractivity (Wildman–Crippen MR) is 93.9 cm³/mol. The van der Waals surface area contributed by atoms with Gasteiger partial charge in [0.2, 0.25) is 0 Å². The van der Waals surface area contributed by atoms with Crippen molar-refractivity contribution >= 4 is 33.8 Å². The van der Waals surface area contributed by atoms with E-state index in [1.54, 1.807) is 0 Å². The van der Waals surface area contributed by atoms with Gasteiger partial charge in [0, 0.05) is 27.7 Å². The average molecular weight is 312 g/mol. The number of aromatic nitrogens is 1. The molecular formula is C18H20N2OS. The molecule has 2 N–H and O–H groups in total. The van der Waals surface area contributed by atoms with Gasteiger partial charge in [0.25, 0.3) is 5.91 Å². The molecule has 0 aliphatic rings. The van der Waals surface area contributed by atoms with Crippen LogP contribution in [-0.2, 0) is 5.41 Å². The fraction of sp³-hybridized carbons (Fsp3) is 0.278. The molecule has 0 saturated carbocycles. The van der Waals surface area contributed by atoms with Crippen LogP contribution in [-0.4, -0.2) is 10.9 Å². The van der Waals surface area contributed by atoms with Crippen molar-refractivity contribution in [1.29, 1.82) is 0 Å². The first-order valence-electron chi connectivity index (χ1n) is 7.48. The van der Waals surface area contributed by atoms with Crippen molar-refractivity contribution in [3.05, 3.63) is 52.3 Å². The zero-order chi connectivity index (χ0) is 15.7. The van der Waals surface area contributed by atoms with E-state index in [0.717, 1.165) is 27.9 Å². The summed E-state index contributed by atoms with van der Waals surface area (Å²) in [6, 6.07) is 11.9. The van der Waals surface area contributed by atoms with Gasteiger partial charge in [-0.1, -0.05) is 26.8 Å². The molecule has 3 aromatic rings. The summed E-state index contributed by atoms with van der Waals surface area (Å²) in [6.45, 7) is 6.66. The third-order valence-electron chi connectivity index (χ3n) is 4.24. The van der Waals surface area contributed by atoms with Crippen molar-refractivity contribution in [3.63, 3.8) is 0 Å². The summed E-state index contributed by atoms with van der Waals surface area (Å²) in [7, 11) is 0. The molecule has 1 aromatic carbocycles. The van der Waals surface area contributed by atoms with E-state index in [9.17, 15) is 4.79 Å². The predicted octanol–water partition coefficient (Wildman–Crippen LogP) is 5.17. The van der Waals surface area contributed by atoms with E-state index in [0.29, 0.717) is 0 Å². The second kappa shape index (κ2) is 5.61. The van der Waals surface area contributed by atoms with Crippen molar-refractivity contribution < 1.29 is 4.79 Å². The molecule has 3 nitrogen and oxygen atoms in total. The van der Waals surface area contributed by atoms with E-state index in [-0.39, 0.29) is 11.3 Å². The number of thiophene rings is 1. The molecule has 0 bridgehead atoms. The maximum absolute atomic E-state index is 12.1. The number of anilines is 1. The number of fused-ring (bicyclic) bond motifs is 1. The minimum absolute atomic E-state index is 0.0565. The highest BCUT2D eigenvalue weighted by Gasteiger charge is 2.20. The first-order valence-corrected chi connectivity index (χ1v) is 8.35.